The Bertz CT molecular complexity index is 1140. The molecule has 0 saturated carbocycles. The number of nitrogens with one attached hydrogen (secondary N) is 1. The van der Waals surface area contributed by atoms with Gasteiger partial charge in [0.15, 0.2) is 0 Å². The molecular weight excluding hydrogens is 453 g/mol. The second kappa shape index (κ2) is 10.7. The summed E-state index contributed by atoms with van der Waals surface area (Å²) in [5.41, 5.74) is 2.30. The van der Waals surface area contributed by atoms with E-state index in [1.165, 1.54) is 25.3 Å². The zero-order valence-corrected chi connectivity index (χ0v) is 19.4. The molecule has 174 valence electrons. The van der Waals surface area contributed by atoms with Crippen LogP contribution in [0.5, 0.6) is 0 Å². The van der Waals surface area contributed by atoms with Crippen molar-refractivity contribution in [3.05, 3.63) is 119 Å². The summed E-state index contributed by atoms with van der Waals surface area (Å²) in [4.78, 5) is 26.1. The van der Waals surface area contributed by atoms with Crippen molar-refractivity contribution >= 4 is 23.5 Å². The minimum Gasteiger partial charge on any atom is -0.469 e. The molecule has 1 aliphatic carbocycles. The first-order valence-electron chi connectivity index (χ1n) is 11.1. The van der Waals surface area contributed by atoms with Crippen LogP contribution in [-0.2, 0) is 14.3 Å². The highest BCUT2D eigenvalue weighted by molar-refractivity contribution is 6.31. The van der Waals surface area contributed by atoms with E-state index in [1.54, 1.807) is 0 Å². The number of hydrogen-bond donors (Lipinski definition) is 1. The van der Waals surface area contributed by atoms with Gasteiger partial charge in [-0.25, -0.2) is 4.39 Å². The van der Waals surface area contributed by atoms with Crippen molar-refractivity contribution < 1.29 is 18.7 Å². The quantitative estimate of drug-likeness (QED) is 0.354. The number of halogens is 2. The molecule has 3 atom stereocenters. The third-order valence-corrected chi connectivity index (χ3v) is 6.48. The molecule has 3 aromatic carbocycles. The van der Waals surface area contributed by atoms with Crippen LogP contribution in [0.25, 0.3) is 0 Å². The first-order chi connectivity index (χ1) is 16.5. The van der Waals surface area contributed by atoms with Gasteiger partial charge in [0.25, 0.3) is 0 Å². The first kappa shape index (κ1) is 23.7. The smallest absolute Gasteiger partial charge is 0.313 e. The topological polar surface area (TPSA) is 55.4 Å². The van der Waals surface area contributed by atoms with E-state index >= 15 is 0 Å². The Morgan fingerprint density at radius 1 is 0.971 bits per heavy atom. The van der Waals surface area contributed by atoms with Crippen LogP contribution in [0.4, 0.5) is 4.39 Å². The monoisotopic (exact) mass is 477 g/mol. The van der Waals surface area contributed by atoms with Crippen LogP contribution in [0.3, 0.4) is 0 Å². The Kier molecular flexibility index (Phi) is 7.43. The van der Waals surface area contributed by atoms with Crippen molar-refractivity contribution in [2.75, 3.05) is 7.11 Å². The van der Waals surface area contributed by atoms with Crippen LogP contribution in [-0.4, -0.2) is 25.0 Å². The maximum Gasteiger partial charge on any atom is 0.313 e. The van der Waals surface area contributed by atoms with Gasteiger partial charge in [0.2, 0.25) is 5.91 Å². The van der Waals surface area contributed by atoms with Crippen molar-refractivity contribution in [1.29, 1.82) is 0 Å². The number of carbonyl (C=O) groups excluding carboxylic acids is 2. The van der Waals surface area contributed by atoms with E-state index < -0.39 is 23.6 Å². The third-order valence-electron chi connectivity index (χ3n) is 6.15. The largest absolute Gasteiger partial charge is 0.469 e. The molecule has 0 bridgehead atoms. The zero-order chi connectivity index (χ0) is 24.1. The predicted molar refractivity (Wildman–Crippen MR) is 130 cm³/mol. The number of amides is 1. The van der Waals surface area contributed by atoms with Gasteiger partial charge in [-0.3, -0.25) is 9.59 Å². The lowest BCUT2D eigenvalue weighted by Gasteiger charge is -2.24. The molecule has 1 amide bonds. The molecule has 0 radical (unpaired) electrons. The number of benzene rings is 3. The summed E-state index contributed by atoms with van der Waals surface area (Å²) in [6.45, 7) is 0. The van der Waals surface area contributed by atoms with Gasteiger partial charge in [-0.1, -0.05) is 90.5 Å². The summed E-state index contributed by atoms with van der Waals surface area (Å²) < 4.78 is 18.6. The third kappa shape index (κ3) is 5.20. The Balaban J connectivity index is 1.53. The first-order valence-corrected chi connectivity index (χ1v) is 11.5. The van der Waals surface area contributed by atoms with Gasteiger partial charge in [0, 0.05) is 11.1 Å². The lowest BCUT2D eigenvalue weighted by atomic mass is 9.85. The summed E-state index contributed by atoms with van der Waals surface area (Å²) in [7, 11) is 1.31. The number of allylic oxidation sites excluding steroid dienone is 1. The molecule has 4 nitrogen and oxygen atoms in total. The second-order valence-electron chi connectivity index (χ2n) is 8.32. The molecule has 0 unspecified atom stereocenters. The molecule has 0 spiro atoms. The number of carbonyl (C=O) groups is 2. The zero-order valence-electron chi connectivity index (χ0n) is 18.7. The molecule has 6 heteroatoms. The second-order valence-corrected chi connectivity index (χ2v) is 8.73. The lowest BCUT2D eigenvalue weighted by Crippen LogP contribution is -2.37. The highest BCUT2D eigenvalue weighted by Crippen LogP contribution is 2.38. The van der Waals surface area contributed by atoms with Gasteiger partial charge in [0.05, 0.1) is 18.9 Å². The number of methoxy groups -OCH3 is 1. The summed E-state index contributed by atoms with van der Waals surface area (Å²) in [5, 5.41) is 3.29. The normalized spacial score (nSPS) is 18.0. The van der Waals surface area contributed by atoms with E-state index in [1.807, 2.05) is 72.8 Å². The fourth-order valence-corrected chi connectivity index (χ4v) is 4.83. The van der Waals surface area contributed by atoms with Crippen LogP contribution in [0, 0.1) is 11.7 Å². The van der Waals surface area contributed by atoms with Gasteiger partial charge in [0.1, 0.15) is 5.82 Å². The van der Waals surface area contributed by atoms with E-state index in [-0.39, 0.29) is 22.9 Å². The summed E-state index contributed by atoms with van der Waals surface area (Å²) in [6, 6.07) is 23.0. The summed E-state index contributed by atoms with van der Waals surface area (Å²) in [5.74, 6) is -2.47. The number of hydrogen-bond acceptors (Lipinski definition) is 3. The number of esters is 1. The average molecular weight is 478 g/mol. The molecule has 34 heavy (non-hydrogen) atoms. The average Bonchev–Trinajstić information content (AvgIpc) is 3.29. The SMILES string of the molecule is COC(=O)[C@H](c1ccc(F)cc1Cl)[C@@H]1C=C[C@@H](NC(=O)C(c2ccccc2)c2ccccc2)C1. The molecule has 0 aromatic heterocycles. The maximum absolute atomic E-state index is 13.6. The Hall–Kier alpha value is -3.44. The predicted octanol–water partition coefficient (Wildman–Crippen LogP) is 5.63. The van der Waals surface area contributed by atoms with Crippen molar-refractivity contribution in [3.8, 4) is 0 Å². The highest BCUT2D eigenvalue weighted by Gasteiger charge is 2.36. The van der Waals surface area contributed by atoms with E-state index in [9.17, 15) is 14.0 Å². The maximum atomic E-state index is 13.6. The van der Waals surface area contributed by atoms with E-state index in [2.05, 4.69) is 5.32 Å². The fourth-order valence-electron chi connectivity index (χ4n) is 4.55. The van der Waals surface area contributed by atoms with Crippen molar-refractivity contribution in [1.82, 2.24) is 5.32 Å². The molecule has 0 heterocycles. The van der Waals surface area contributed by atoms with Gasteiger partial charge >= 0.3 is 5.97 Å². The van der Waals surface area contributed by atoms with E-state index in [4.69, 9.17) is 16.3 Å². The van der Waals surface area contributed by atoms with E-state index in [0.29, 0.717) is 12.0 Å². The summed E-state index contributed by atoms with van der Waals surface area (Å²) >= 11 is 6.26. The summed E-state index contributed by atoms with van der Waals surface area (Å²) in [6.07, 6.45) is 4.28. The number of ether oxygens (including phenoxy) is 1. The van der Waals surface area contributed by atoms with Crippen LogP contribution in [0.2, 0.25) is 5.02 Å². The Labute approximate surface area is 203 Å². The Morgan fingerprint density at radius 2 is 1.59 bits per heavy atom. The molecule has 0 saturated heterocycles. The molecule has 0 fully saturated rings. The van der Waals surface area contributed by atoms with E-state index in [0.717, 1.165) is 11.1 Å². The van der Waals surface area contributed by atoms with Crippen LogP contribution in [0.1, 0.15) is 34.9 Å². The molecule has 3 aromatic rings. The molecule has 0 aliphatic heterocycles. The lowest BCUT2D eigenvalue weighted by molar-refractivity contribution is -0.143. The van der Waals surface area contributed by atoms with Crippen LogP contribution in [0.15, 0.2) is 91.0 Å². The van der Waals surface area contributed by atoms with Crippen molar-refractivity contribution in [2.45, 2.75) is 24.3 Å². The van der Waals surface area contributed by atoms with Crippen LogP contribution >= 0.6 is 11.6 Å². The Morgan fingerprint density at radius 3 is 2.15 bits per heavy atom. The van der Waals surface area contributed by atoms with Crippen molar-refractivity contribution in [3.63, 3.8) is 0 Å². The van der Waals surface area contributed by atoms with Gasteiger partial charge < -0.3 is 10.1 Å². The van der Waals surface area contributed by atoms with Gasteiger partial charge in [-0.2, -0.15) is 0 Å². The minimum atomic E-state index is -0.699. The molecule has 1 N–H and O–H groups in total. The van der Waals surface area contributed by atoms with Gasteiger partial charge in [-0.05, 0) is 41.2 Å². The van der Waals surface area contributed by atoms with Crippen LogP contribution < -0.4 is 5.32 Å². The van der Waals surface area contributed by atoms with Gasteiger partial charge in [-0.15, -0.1) is 0 Å². The molecule has 1 aliphatic rings. The van der Waals surface area contributed by atoms with Crippen molar-refractivity contribution in [2.24, 2.45) is 5.92 Å². The molecule has 4 rings (SSSR count). The minimum absolute atomic E-state index is 0.123. The fraction of sp³-hybridized carbons (Fsp3) is 0.214. The highest BCUT2D eigenvalue weighted by atomic mass is 35.5. The number of rotatable bonds is 7. The standard InChI is InChI=1S/C28H25ClFNO3/c1-34-28(33)26(23-15-13-21(30)17-24(23)29)20-12-14-22(16-20)31-27(32)25(18-8-4-2-5-9-18)19-10-6-3-7-11-19/h2-15,17,20,22,25-26H,16H2,1H3,(H,31,32)/t20-,22-,26+/m1/s1. The molecular formula is C28H25ClFNO3.